The van der Waals surface area contributed by atoms with Crippen molar-refractivity contribution in [1.82, 2.24) is 0 Å². The second-order valence-electron chi connectivity index (χ2n) is 6.31. The van der Waals surface area contributed by atoms with Gasteiger partial charge in [0.2, 0.25) is 0 Å². The zero-order valence-electron chi connectivity index (χ0n) is 10.4. The lowest BCUT2D eigenvalue weighted by Gasteiger charge is -2.58. The van der Waals surface area contributed by atoms with Crippen LogP contribution >= 0.6 is 0 Å². The Labute approximate surface area is 98.2 Å². The van der Waals surface area contributed by atoms with Crippen molar-refractivity contribution in [3.05, 3.63) is 23.8 Å². The molecule has 0 saturated heterocycles. The summed E-state index contributed by atoms with van der Waals surface area (Å²) in [6.07, 6.45) is 6.19. The normalized spacial score (nSPS) is 50.4. The standard InChI is InChI=1S/C15H22O/c1-9-4-5-15(3,10(9)2)14-7-12-11(8-16)6-13(12)14/h6,10,12-14,16H,1,4-5,7-8H2,2-3H3/t10-,12+,13-,14-,15+/m0/s1. The molecular formula is C15H22O. The van der Waals surface area contributed by atoms with E-state index in [1.165, 1.54) is 30.4 Å². The molecule has 16 heavy (non-hydrogen) atoms. The number of aliphatic hydroxyl groups excluding tert-OH is 1. The molecule has 88 valence electrons. The largest absolute Gasteiger partial charge is 0.392 e. The summed E-state index contributed by atoms with van der Waals surface area (Å²) in [5.41, 5.74) is 3.24. The number of rotatable bonds is 2. The van der Waals surface area contributed by atoms with E-state index in [0.29, 0.717) is 11.3 Å². The van der Waals surface area contributed by atoms with Crippen LogP contribution in [0.5, 0.6) is 0 Å². The van der Waals surface area contributed by atoms with E-state index in [1.54, 1.807) is 0 Å². The summed E-state index contributed by atoms with van der Waals surface area (Å²) >= 11 is 0. The van der Waals surface area contributed by atoms with Crippen molar-refractivity contribution in [2.75, 3.05) is 6.61 Å². The lowest BCUT2D eigenvalue weighted by atomic mass is 9.46. The number of hydrogen-bond donors (Lipinski definition) is 1. The van der Waals surface area contributed by atoms with Crippen LogP contribution in [0.2, 0.25) is 0 Å². The first-order chi connectivity index (χ1) is 7.58. The molecule has 0 spiro atoms. The molecule has 1 nitrogen and oxygen atoms in total. The molecule has 0 unspecified atom stereocenters. The Kier molecular flexibility index (Phi) is 2.13. The predicted molar refractivity (Wildman–Crippen MR) is 65.9 cm³/mol. The van der Waals surface area contributed by atoms with E-state index in [-0.39, 0.29) is 6.61 Å². The van der Waals surface area contributed by atoms with Gasteiger partial charge in [0.15, 0.2) is 0 Å². The van der Waals surface area contributed by atoms with Gasteiger partial charge in [0.1, 0.15) is 0 Å². The molecule has 0 bridgehead atoms. The number of aliphatic hydroxyl groups is 1. The SMILES string of the molecule is C=C1CC[C@@](C)([C@H]2C[C@@H]3C(CO)=C[C@@H]32)[C@H]1C. The smallest absolute Gasteiger partial charge is 0.0644 e. The van der Waals surface area contributed by atoms with Crippen LogP contribution < -0.4 is 0 Å². The number of hydrogen-bond acceptors (Lipinski definition) is 1. The summed E-state index contributed by atoms with van der Waals surface area (Å²) in [7, 11) is 0. The van der Waals surface area contributed by atoms with E-state index >= 15 is 0 Å². The Balaban J connectivity index is 1.77. The fraction of sp³-hybridized carbons (Fsp3) is 0.733. The fourth-order valence-electron chi connectivity index (χ4n) is 4.27. The zero-order chi connectivity index (χ0) is 11.5. The van der Waals surface area contributed by atoms with Crippen LogP contribution in [0.4, 0.5) is 0 Å². The molecular weight excluding hydrogens is 196 g/mol. The molecule has 0 aliphatic heterocycles. The third kappa shape index (κ3) is 1.10. The highest BCUT2D eigenvalue weighted by molar-refractivity contribution is 5.32. The molecule has 2 saturated carbocycles. The Morgan fingerprint density at radius 3 is 2.75 bits per heavy atom. The molecule has 3 aliphatic carbocycles. The quantitative estimate of drug-likeness (QED) is 0.706. The molecule has 1 heteroatoms. The van der Waals surface area contributed by atoms with Gasteiger partial charge in [-0.25, -0.2) is 0 Å². The van der Waals surface area contributed by atoms with Crippen LogP contribution in [0.25, 0.3) is 0 Å². The van der Waals surface area contributed by atoms with Gasteiger partial charge >= 0.3 is 0 Å². The molecule has 2 fully saturated rings. The maximum absolute atomic E-state index is 9.14. The van der Waals surface area contributed by atoms with Gasteiger partial charge in [-0.1, -0.05) is 32.1 Å². The summed E-state index contributed by atoms with van der Waals surface area (Å²) < 4.78 is 0. The van der Waals surface area contributed by atoms with Crippen molar-refractivity contribution >= 4 is 0 Å². The van der Waals surface area contributed by atoms with Crippen molar-refractivity contribution in [3.8, 4) is 0 Å². The summed E-state index contributed by atoms with van der Waals surface area (Å²) in [5.74, 6) is 3.04. The van der Waals surface area contributed by atoms with Crippen molar-refractivity contribution < 1.29 is 5.11 Å². The average Bonchev–Trinajstić information content (AvgIpc) is 2.50. The Bertz CT molecular complexity index is 368. The van der Waals surface area contributed by atoms with Crippen LogP contribution in [0.1, 0.15) is 33.1 Å². The Hall–Kier alpha value is -0.560. The van der Waals surface area contributed by atoms with Crippen LogP contribution in [0, 0.1) is 29.1 Å². The molecule has 0 heterocycles. The minimum Gasteiger partial charge on any atom is -0.392 e. The maximum Gasteiger partial charge on any atom is 0.0644 e. The minimum atomic E-state index is 0.285. The highest BCUT2D eigenvalue weighted by Gasteiger charge is 2.57. The lowest BCUT2D eigenvalue weighted by Crippen LogP contribution is -2.52. The van der Waals surface area contributed by atoms with Crippen LogP contribution in [0.3, 0.4) is 0 Å². The molecule has 0 aromatic carbocycles. The van der Waals surface area contributed by atoms with E-state index in [4.69, 9.17) is 5.11 Å². The van der Waals surface area contributed by atoms with Gasteiger partial charge < -0.3 is 5.11 Å². The second kappa shape index (κ2) is 3.22. The molecule has 3 aliphatic rings. The minimum absolute atomic E-state index is 0.285. The van der Waals surface area contributed by atoms with Crippen LogP contribution in [-0.2, 0) is 0 Å². The van der Waals surface area contributed by atoms with Gasteiger partial charge in [0, 0.05) is 0 Å². The summed E-state index contributed by atoms with van der Waals surface area (Å²) in [6.45, 7) is 9.31. The fourth-order valence-corrected chi connectivity index (χ4v) is 4.27. The van der Waals surface area contributed by atoms with E-state index in [0.717, 1.165) is 17.8 Å². The first kappa shape index (κ1) is 10.6. The topological polar surface area (TPSA) is 20.2 Å². The molecule has 0 amide bonds. The lowest BCUT2D eigenvalue weighted by molar-refractivity contribution is -0.0263. The van der Waals surface area contributed by atoms with Gasteiger partial charge in [-0.15, -0.1) is 0 Å². The average molecular weight is 218 g/mol. The molecule has 0 aromatic heterocycles. The molecule has 0 aromatic rings. The number of fused-ring (bicyclic) bond motifs is 1. The van der Waals surface area contributed by atoms with E-state index in [2.05, 4.69) is 26.5 Å². The maximum atomic E-state index is 9.14. The van der Waals surface area contributed by atoms with Gasteiger partial charge in [-0.3, -0.25) is 0 Å². The molecule has 3 rings (SSSR count). The Morgan fingerprint density at radius 1 is 1.56 bits per heavy atom. The van der Waals surface area contributed by atoms with Gasteiger partial charge in [-0.05, 0) is 53.9 Å². The first-order valence-corrected chi connectivity index (χ1v) is 6.57. The van der Waals surface area contributed by atoms with Crippen molar-refractivity contribution in [3.63, 3.8) is 0 Å². The summed E-state index contributed by atoms with van der Waals surface area (Å²) in [6, 6.07) is 0. The first-order valence-electron chi connectivity index (χ1n) is 6.57. The van der Waals surface area contributed by atoms with Crippen molar-refractivity contribution in [1.29, 1.82) is 0 Å². The Morgan fingerprint density at radius 2 is 2.31 bits per heavy atom. The summed E-state index contributed by atoms with van der Waals surface area (Å²) in [5, 5.41) is 9.14. The third-order valence-corrected chi connectivity index (χ3v) is 5.94. The van der Waals surface area contributed by atoms with E-state index < -0.39 is 0 Å². The monoisotopic (exact) mass is 218 g/mol. The highest BCUT2D eigenvalue weighted by Crippen LogP contribution is 2.64. The van der Waals surface area contributed by atoms with Gasteiger partial charge in [-0.2, -0.15) is 0 Å². The van der Waals surface area contributed by atoms with Gasteiger partial charge in [0.05, 0.1) is 6.61 Å². The molecule has 1 N–H and O–H groups in total. The predicted octanol–water partition coefficient (Wildman–Crippen LogP) is 3.16. The second-order valence-corrected chi connectivity index (χ2v) is 6.31. The van der Waals surface area contributed by atoms with E-state index in [9.17, 15) is 0 Å². The third-order valence-electron chi connectivity index (χ3n) is 5.94. The van der Waals surface area contributed by atoms with Gasteiger partial charge in [0.25, 0.3) is 0 Å². The van der Waals surface area contributed by atoms with Crippen LogP contribution in [0.15, 0.2) is 23.8 Å². The van der Waals surface area contributed by atoms with E-state index in [1.807, 2.05) is 0 Å². The summed E-state index contributed by atoms with van der Waals surface area (Å²) in [4.78, 5) is 0. The zero-order valence-corrected chi connectivity index (χ0v) is 10.4. The van der Waals surface area contributed by atoms with Crippen molar-refractivity contribution in [2.24, 2.45) is 29.1 Å². The highest BCUT2D eigenvalue weighted by atomic mass is 16.3. The van der Waals surface area contributed by atoms with Crippen LogP contribution in [-0.4, -0.2) is 11.7 Å². The molecule has 5 atom stereocenters. The molecule has 0 radical (unpaired) electrons. The number of allylic oxidation sites excluding steroid dienone is 2. The van der Waals surface area contributed by atoms with Crippen molar-refractivity contribution in [2.45, 2.75) is 33.1 Å².